The molecule has 0 radical (unpaired) electrons. The first-order valence-corrected chi connectivity index (χ1v) is 6.62. The monoisotopic (exact) mass is 235 g/mol. The lowest BCUT2D eigenvalue weighted by atomic mass is 10.1. The number of hydrogen-bond acceptors (Lipinski definition) is 4. The van der Waals surface area contributed by atoms with E-state index < -0.39 is 0 Å². The third-order valence-electron chi connectivity index (χ3n) is 3.72. The van der Waals surface area contributed by atoms with Gasteiger partial charge >= 0.3 is 0 Å². The lowest BCUT2D eigenvalue weighted by Gasteiger charge is -2.32. The number of nitrogens with one attached hydrogen (secondary N) is 1. The number of nitrogens with zero attached hydrogens (tertiary/aromatic N) is 4. The van der Waals surface area contributed by atoms with Gasteiger partial charge in [0.25, 0.3) is 0 Å². The molecule has 2 aliphatic rings. The molecule has 1 aromatic heterocycles. The first kappa shape index (κ1) is 11.2. The van der Waals surface area contributed by atoms with Gasteiger partial charge in [0.05, 0.1) is 6.54 Å². The van der Waals surface area contributed by atoms with Gasteiger partial charge in [0, 0.05) is 25.7 Å². The summed E-state index contributed by atoms with van der Waals surface area (Å²) in [6.07, 6.45) is 7.15. The molecular weight excluding hydrogens is 214 g/mol. The molecule has 1 N–H and O–H groups in total. The highest BCUT2D eigenvalue weighted by Crippen LogP contribution is 2.22. The van der Waals surface area contributed by atoms with Crippen molar-refractivity contribution < 1.29 is 0 Å². The minimum absolute atomic E-state index is 0.685. The number of aromatic nitrogens is 3. The van der Waals surface area contributed by atoms with Gasteiger partial charge in [0.15, 0.2) is 0 Å². The van der Waals surface area contributed by atoms with Crippen molar-refractivity contribution in [2.24, 2.45) is 7.05 Å². The van der Waals surface area contributed by atoms with Crippen LogP contribution in [0.25, 0.3) is 0 Å². The molecule has 0 amide bonds. The zero-order chi connectivity index (χ0) is 11.7. The Morgan fingerprint density at radius 1 is 1.35 bits per heavy atom. The molecule has 0 aromatic carbocycles. The molecule has 17 heavy (non-hydrogen) atoms. The Morgan fingerprint density at radius 2 is 2.24 bits per heavy atom. The molecule has 0 bridgehead atoms. The van der Waals surface area contributed by atoms with Gasteiger partial charge in [-0.25, -0.2) is 0 Å². The second-order valence-electron chi connectivity index (χ2n) is 5.37. The number of piperidine rings is 1. The van der Waals surface area contributed by atoms with E-state index in [1.54, 1.807) is 6.33 Å². The van der Waals surface area contributed by atoms with Gasteiger partial charge in [-0.3, -0.25) is 4.90 Å². The number of aryl methyl sites for hydroxylation is 1. The molecule has 5 heteroatoms. The van der Waals surface area contributed by atoms with Crippen LogP contribution < -0.4 is 5.32 Å². The van der Waals surface area contributed by atoms with Crippen molar-refractivity contribution in [3.05, 3.63) is 12.2 Å². The van der Waals surface area contributed by atoms with E-state index in [4.69, 9.17) is 0 Å². The summed E-state index contributed by atoms with van der Waals surface area (Å²) in [5.41, 5.74) is 0. The smallest absolute Gasteiger partial charge is 0.146 e. The zero-order valence-corrected chi connectivity index (χ0v) is 10.5. The molecule has 1 aromatic rings. The van der Waals surface area contributed by atoms with Crippen LogP contribution in [0.4, 0.5) is 0 Å². The van der Waals surface area contributed by atoms with Gasteiger partial charge < -0.3 is 9.88 Å². The van der Waals surface area contributed by atoms with Crippen LogP contribution in [0.2, 0.25) is 0 Å². The summed E-state index contributed by atoms with van der Waals surface area (Å²) in [6, 6.07) is 1.50. The Hall–Kier alpha value is -0.940. The van der Waals surface area contributed by atoms with Crippen LogP contribution in [-0.2, 0) is 13.6 Å². The molecule has 94 valence electrons. The van der Waals surface area contributed by atoms with Gasteiger partial charge in [-0.05, 0) is 32.2 Å². The Morgan fingerprint density at radius 3 is 2.94 bits per heavy atom. The largest absolute Gasteiger partial charge is 0.320 e. The third-order valence-corrected chi connectivity index (χ3v) is 3.72. The maximum Gasteiger partial charge on any atom is 0.146 e. The average molecular weight is 235 g/mol. The maximum absolute atomic E-state index is 4.16. The lowest BCUT2D eigenvalue weighted by Crippen LogP contribution is -2.46. The highest BCUT2D eigenvalue weighted by Gasteiger charge is 2.27. The molecule has 2 heterocycles. The SMILES string of the molecule is Cn1cnnc1CN1CCCC(NC2CC2)C1. The number of rotatable bonds is 4. The maximum atomic E-state index is 4.16. The van der Waals surface area contributed by atoms with Gasteiger partial charge in [0.1, 0.15) is 12.2 Å². The lowest BCUT2D eigenvalue weighted by molar-refractivity contribution is 0.177. The van der Waals surface area contributed by atoms with E-state index >= 15 is 0 Å². The molecule has 1 atom stereocenters. The van der Waals surface area contributed by atoms with Gasteiger partial charge in [-0.15, -0.1) is 10.2 Å². The minimum atomic E-state index is 0.685. The first-order chi connectivity index (χ1) is 8.31. The Labute approximate surface area is 102 Å². The summed E-state index contributed by atoms with van der Waals surface area (Å²) < 4.78 is 2.01. The standard InChI is InChI=1S/C12H21N5/c1-16-9-13-15-12(16)8-17-6-2-3-11(7-17)14-10-4-5-10/h9-11,14H,2-8H2,1H3. The van der Waals surface area contributed by atoms with E-state index in [0.717, 1.165) is 25.0 Å². The molecule has 1 saturated carbocycles. The topological polar surface area (TPSA) is 46.0 Å². The van der Waals surface area contributed by atoms with E-state index in [1.165, 1.54) is 32.2 Å². The van der Waals surface area contributed by atoms with E-state index in [2.05, 4.69) is 20.4 Å². The summed E-state index contributed by atoms with van der Waals surface area (Å²) in [4.78, 5) is 2.49. The Bertz CT molecular complexity index is 371. The van der Waals surface area contributed by atoms with Crippen molar-refractivity contribution in [2.45, 2.75) is 44.3 Å². The van der Waals surface area contributed by atoms with Crippen LogP contribution in [0.1, 0.15) is 31.5 Å². The number of hydrogen-bond donors (Lipinski definition) is 1. The van der Waals surface area contributed by atoms with Crippen LogP contribution in [0.3, 0.4) is 0 Å². The molecule has 1 aliphatic heterocycles. The summed E-state index contributed by atoms with van der Waals surface area (Å²) in [6.45, 7) is 3.28. The summed E-state index contributed by atoms with van der Waals surface area (Å²) in [5, 5.41) is 11.8. The highest BCUT2D eigenvalue weighted by atomic mass is 15.3. The average Bonchev–Trinajstić information content (AvgIpc) is 3.04. The molecule has 1 unspecified atom stereocenters. The Kier molecular flexibility index (Phi) is 3.11. The van der Waals surface area contributed by atoms with Crippen molar-refractivity contribution >= 4 is 0 Å². The minimum Gasteiger partial charge on any atom is -0.320 e. The van der Waals surface area contributed by atoms with Crippen LogP contribution in [0.15, 0.2) is 6.33 Å². The van der Waals surface area contributed by atoms with E-state index in [0.29, 0.717) is 6.04 Å². The van der Waals surface area contributed by atoms with Gasteiger partial charge in [-0.2, -0.15) is 0 Å². The molecule has 3 rings (SSSR count). The second-order valence-corrected chi connectivity index (χ2v) is 5.37. The van der Waals surface area contributed by atoms with E-state index in [-0.39, 0.29) is 0 Å². The second kappa shape index (κ2) is 4.74. The molecule has 0 spiro atoms. The van der Waals surface area contributed by atoms with Crippen molar-refractivity contribution in [1.29, 1.82) is 0 Å². The normalized spacial score (nSPS) is 26.3. The van der Waals surface area contributed by atoms with Crippen molar-refractivity contribution in [1.82, 2.24) is 25.0 Å². The van der Waals surface area contributed by atoms with Crippen molar-refractivity contribution in [3.63, 3.8) is 0 Å². The number of likely N-dealkylation sites (tertiary alicyclic amines) is 1. The highest BCUT2D eigenvalue weighted by molar-refractivity contribution is 4.90. The predicted octanol–water partition coefficient (Wildman–Crippen LogP) is 0.531. The molecular formula is C12H21N5. The summed E-state index contributed by atoms with van der Waals surface area (Å²) in [7, 11) is 2.01. The van der Waals surface area contributed by atoms with Crippen molar-refractivity contribution in [2.75, 3.05) is 13.1 Å². The fourth-order valence-electron chi connectivity index (χ4n) is 2.57. The first-order valence-electron chi connectivity index (χ1n) is 6.62. The predicted molar refractivity (Wildman–Crippen MR) is 65.5 cm³/mol. The molecule has 1 saturated heterocycles. The third kappa shape index (κ3) is 2.84. The molecule has 1 aliphatic carbocycles. The van der Waals surface area contributed by atoms with Crippen LogP contribution in [0, 0.1) is 0 Å². The van der Waals surface area contributed by atoms with E-state index in [1.807, 2.05) is 11.6 Å². The van der Waals surface area contributed by atoms with Gasteiger partial charge in [-0.1, -0.05) is 0 Å². The van der Waals surface area contributed by atoms with Crippen LogP contribution in [0.5, 0.6) is 0 Å². The fourth-order valence-corrected chi connectivity index (χ4v) is 2.57. The summed E-state index contributed by atoms with van der Waals surface area (Å²) in [5.74, 6) is 1.07. The fraction of sp³-hybridized carbons (Fsp3) is 0.833. The van der Waals surface area contributed by atoms with Crippen molar-refractivity contribution in [3.8, 4) is 0 Å². The van der Waals surface area contributed by atoms with Crippen LogP contribution >= 0.6 is 0 Å². The van der Waals surface area contributed by atoms with Gasteiger partial charge in [0.2, 0.25) is 0 Å². The quantitative estimate of drug-likeness (QED) is 0.827. The molecule has 5 nitrogen and oxygen atoms in total. The summed E-state index contributed by atoms with van der Waals surface area (Å²) >= 11 is 0. The van der Waals surface area contributed by atoms with E-state index in [9.17, 15) is 0 Å². The zero-order valence-electron chi connectivity index (χ0n) is 10.5. The molecule has 2 fully saturated rings. The van der Waals surface area contributed by atoms with Crippen LogP contribution in [-0.4, -0.2) is 44.8 Å². The Balaban J connectivity index is 1.54.